The lowest BCUT2D eigenvalue weighted by Gasteiger charge is -2.10. The number of hydrogen-bond donors (Lipinski definition) is 1. The number of rotatable bonds is 5. The first-order valence-electron chi connectivity index (χ1n) is 7.99. The molecule has 1 heterocycles. The van der Waals surface area contributed by atoms with Gasteiger partial charge in [0.25, 0.3) is 5.91 Å². The van der Waals surface area contributed by atoms with Gasteiger partial charge in [0.15, 0.2) is 15.7 Å². The Bertz CT molecular complexity index is 1060. The molecule has 0 saturated heterocycles. The third kappa shape index (κ3) is 3.65. The Kier molecular flexibility index (Phi) is 4.85. The van der Waals surface area contributed by atoms with Crippen molar-refractivity contribution < 1.29 is 13.2 Å². The van der Waals surface area contributed by atoms with Crippen LogP contribution in [0, 0.1) is 0 Å². The van der Waals surface area contributed by atoms with Crippen molar-refractivity contribution in [3.05, 3.63) is 60.4 Å². The molecule has 3 aromatic rings. The summed E-state index contributed by atoms with van der Waals surface area (Å²) >= 11 is 0. The average Bonchev–Trinajstić information content (AvgIpc) is 3.10. The van der Waals surface area contributed by atoms with Crippen molar-refractivity contribution in [3.63, 3.8) is 0 Å². The predicted octanol–water partition coefficient (Wildman–Crippen LogP) is 2.62. The van der Waals surface area contributed by atoms with Crippen molar-refractivity contribution in [2.45, 2.75) is 18.4 Å². The Hall–Kier alpha value is -3.00. The van der Waals surface area contributed by atoms with Gasteiger partial charge in [-0.1, -0.05) is 24.3 Å². The minimum Gasteiger partial charge on any atom is -0.322 e. The summed E-state index contributed by atoms with van der Waals surface area (Å²) in [5.74, 6) is 0.209. The molecule has 1 amide bonds. The fourth-order valence-corrected chi connectivity index (χ4v) is 3.51. The Labute approximate surface area is 151 Å². The number of aryl methyl sites for hydroxylation is 1. The molecule has 1 aromatic heterocycles. The number of nitrogens with one attached hydrogen (secondary N) is 1. The number of carbonyl (C=O) groups excluding carboxylic acids is 1. The van der Waals surface area contributed by atoms with E-state index in [-0.39, 0.29) is 10.5 Å². The minimum atomic E-state index is -3.51. The van der Waals surface area contributed by atoms with Crippen LogP contribution in [-0.4, -0.2) is 35.3 Å². The molecule has 3 rings (SSSR count). The van der Waals surface area contributed by atoms with Gasteiger partial charge in [-0.25, -0.2) is 8.42 Å². The molecule has 0 spiro atoms. The van der Waals surface area contributed by atoms with Crippen LogP contribution in [0.5, 0.6) is 0 Å². The average molecular weight is 370 g/mol. The number of nitrogens with zero attached hydrogens (tertiary/aromatic N) is 3. The van der Waals surface area contributed by atoms with Gasteiger partial charge in [-0.2, -0.15) is 0 Å². The van der Waals surface area contributed by atoms with E-state index in [0.717, 1.165) is 18.4 Å². The second kappa shape index (κ2) is 7.09. The highest BCUT2D eigenvalue weighted by molar-refractivity contribution is 7.90. The highest BCUT2D eigenvalue weighted by Crippen LogP contribution is 2.22. The van der Waals surface area contributed by atoms with Crippen LogP contribution in [0.3, 0.4) is 0 Å². The van der Waals surface area contributed by atoms with Crippen LogP contribution in [0.4, 0.5) is 5.69 Å². The molecule has 0 unspecified atom stereocenters. The minimum absolute atomic E-state index is 0.000573. The zero-order valence-corrected chi connectivity index (χ0v) is 15.2. The van der Waals surface area contributed by atoms with Crippen LogP contribution in [0.15, 0.2) is 59.8 Å². The number of amides is 1. The molecule has 1 N–H and O–H groups in total. The van der Waals surface area contributed by atoms with Crippen molar-refractivity contribution in [2.24, 2.45) is 0 Å². The van der Waals surface area contributed by atoms with Crippen LogP contribution >= 0.6 is 0 Å². The van der Waals surface area contributed by atoms with Gasteiger partial charge in [0, 0.05) is 24.1 Å². The van der Waals surface area contributed by atoms with E-state index in [0.29, 0.717) is 11.5 Å². The first-order valence-corrected chi connectivity index (χ1v) is 9.88. The summed E-state index contributed by atoms with van der Waals surface area (Å²) in [5.41, 5.74) is 1.46. The van der Waals surface area contributed by atoms with E-state index in [9.17, 15) is 13.2 Å². The molecule has 0 atom stereocenters. The van der Waals surface area contributed by atoms with Crippen LogP contribution in [0.2, 0.25) is 0 Å². The Morgan fingerprint density at radius 1 is 1.15 bits per heavy atom. The fraction of sp³-hybridized carbons (Fsp3) is 0.167. The van der Waals surface area contributed by atoms with E-state index in [4.69, 9.17) is 0 Å². The van der Waals surface area contributed by atoms with Gasteiger partial charge in [-0.3, -0.25) is 4.79 Å². The van der Waals surface area contributed by atoms with Crippen molar-refractivity contribution in [1.29, 1.82) is 0 Å². The van der Waals surface area contributed by atoms with Gasteiger partial charge in [0.2, 0.25) is 0 Å². The molecule has 0 fully saturated rings. The largest absolute Gasteiger partial charge is 0.322 e. The topological polar surface area (TPSA) is 93.9 Å². The first-order chi connectivity index (χ1) is 12.4. The normalized spacial score (nSPS) is 11.3. The zero-order valence-electron chi connectivity index (χ0n) is 14.4. The maximum Gasteiger partial charge on any atom is 0.256 e. The lowest BCUT2D eigenvalue weighted by Crippen LogP contribution is -2.16. The molecule has 2 aromatic carbocycles. The molecular formula is C18H18N4O3S. The molecule has 134 valence electrons. The maximum atomic E-state index is 12.6. The quantitative estimate of drug-likeness (QED) is 0.745. The van der Waals surface area contributed by atoms with Gasteiger partial charge in [0.05, 0.1) is 10.5 Å². The molecular weight excluding hydrogens is 352 g/mol. The van der Waals surface area contributed by atoms with Crippen molar-refractivity contribution in [3.8, 4) is 11.4 Å². The van der Waals surface area contributed by atoms with Crippen molar-refractivity contribution in [1.82, 2.24) is 14.8 Å². The molecule has 7 nitrogen and oxygen atoms in total. The maximum absolute atomic E-state index is 12.6. The van der Waals surface area contributed by atoms with Crippen LogP contribution in [0.1, 0.15) is 17.3 Å². The number of anilines is 1. The summed E-state index contributed by atoms with van der Waals surface area (Å²) in [6.45, 7) is 2.71. The monoisotopic (exact) mass is 370 g/mol. The van der Waals surface area contributed by atoms with E-state index >= 15 is 0 Å². The van der Waals surface area contributed by atoms with E-state index in [1.54, 1.807) is 36.7 Å². The second-order valence-corrected chi connectivity index (χ2v) is 7.73. The zero-order chi connectivity index (χ0) is 18.7. The SMILES string of the molecule is CCn1cnnc1-c1cccc(NC(=O)c2ccccc2S(C)(=O)=O)c1. The predicted molar refractivity (Wildman–Crippen MR) is 98.6 cm³/mol. The molecule has 26 heavy (non-hydrogen) atoms. The van der Waals surface area contributed by atoms with Crippen molar-refractivity contribution >= 4 is 21.4 Å². The second-order valence-electron chi connectivity index (χ2n) is 5.74. The summed E-state index contributed by atoms with van der Waals surface area (Å²) in [5, 5.41) is 10.8. The lowest BCUT2D eigenvalue weighted by atomic mass is 10.1. The third-order valence-corrected chi connectivity index (χ3v) is 5.02. The summed E-state index contributed by atoms with van der Waals surface area (Å²) in [7, 11) is -3.51. The number of benzene rings is 2. The van der Waals surface area contributed by atoms with E-state index in [2.05, 4.69) is 15.5 Å². The number of hydrogen-bond acceptors (Lipinski definition) is 5. The summed E-state index contributed by atoms with van der Waals surface area (Å²) in [6, 6.07) is 13.3. The summed E-state index contributed by atoms with van der Waals surface area (Å²) in [6.07, 6.45) is 2.72. The fourth-order valence-electron chi connectivity index (χ4n) is 2.62. The molecule has 0 aliphatic heterocycles. The molecule has 0 aliphatic carbocycles. The Morgan fingerprint density at radius 2 is 1.92 bits per heavy atom. The van der Waals surface area contributed by atoms with Crippen LogP contribution in [0.25, 0.3) is 11.4 Å². The van der Waals surface area contributed by atoms with E-state index < -0.39 is 15.7 Å². The first kappa shape index (κ1) is 17.8. The van der Waals surface area contributed by atoms with Crippen molar-refractivity contribution in [2.75, 3.05) is 11.6 Å². The van der Waals surface area contributed by atoms with Gasteiger partial charge in [0.1, 0.15) is 6.33 Å². The standard InChI is InChI=1S/C18H18N4O3S/c1-3-22-12-19-21-17(22)13-7-6-8-14(11-13)20-18(23)15-9-4-5-10-16(15)26(2,24)25/h4-12H,3H2,1-2H3,(H,20,23). The third-order valence-electron chi connectivity index (χ3n) is 3.87. The van der Waals surface area contributed by atoms with E-state index in [1.165, 1.54) is 12.1 Å². The molecule has 0 aliphatic rings. The highest BCUT2D eigenvalue weighted by atomic mass is 32.2. The van der Waals surface area contributed by atoms with Crippen LogP contribution in [-0.2, 0) is 16.4 Å². The summed E-state index contributed by atoms with van der Waals surface area (Å²) < 4.78 is 25.7. The number of aromatic nitrogens is 3. The number of sulfone groups is 1. The van der Waals surface area contributed by atoms with Gasteiger partial charge in [-0.15, -0.1) is 10.2 Å². The van der Waals surface area contributed by atoms with Crippen LogP contribution < -0.4 is 5.32 Å². The van der Waals surface area contributed by atoms with E-state index in [1.807, 2.05) is 17.6 Å². The van der Waals surface area contributed by atoms with Gasteiger partial charge in [-0.05, 0) is 31.2 Å². The molecule has 8 heteroatoms. The Morgan fingerprint density at radius 3 is 2.65 bits per heavy atom. The highest BCUT2D eigenvalue weighted by Gasteiger charge is 2.18. The van der Waals surface area contributed by atoms with Gasteiger partial charge >= 0.3 is 0 Å². The molecule has 0 radical (unpaired) electrons. The van der Waals surface area contributed by atoms with Gasteiger partial charge < -0.3 is 9.88 Å². The molecule has 0 bridgehead atoms. The lowest BCUT2D eigenvalue weighted by molar-refractivity contribution is 0.102. The Balaban J connectivity index is 1.91. The smallest absolute Gasteiger partial charge is 0.256 e. The summed E-state index contributed by atoms with van der Waals surface area (Å²) in [4.78, 5) is 12.6. The molecule has 0 saturated carbocycles. The number of carbonyl (C=O) groups is 1.